The highest BCUT2D eigenvalue weighted by Gasteiger charge is 1.87. The van der Waals surface area contributed by atoms with E-state index in [2.05, 4.69) is 26.0 Å². The minimum Gasteiger partial charge on any atom is -0.551 e. The molecule has 0 aliphatic rings. The van der Waals surface area contributed by atoms with Crippen LogP contribution in [0.4, 0.5) is 0 Å². The topological polar surface area (TPSA) is 9.23 Å². The molecule has 0 N–H and O–H groups in total. The van der Waals surface area contributed by atoms with E-state index in [4.69, 9.17) is 4.52 Å². The van der Waals surface area contributed by atoms with Crippen LogP contribution in [0.3, 0.4) is 0 Å². The third-order valence-corrected chi connectivity index (χ3v) is 2.64. The fourth-order valence-electron chi connectivity index (χ4n) is 0.714. The fraction of sp³-hybridized carbons (Fsp3) is 0.400. The number of hydrogen-bond acceptors (Lipinski definition) is 1. The van der Waals surface area contributed by atoms with E-state index in [-0.39, 0.29) is 0 Å². The normalized spacial score (nSPS) is 13.8. The van der Waals surface area contributed by atoms with Crippen LogP contribution >= 0.6 is 8.81 Å². The maximum absolute atomic E-state index is 5.55. The van der Waals surface area contributed by atoms with Crippen LogP contribution in [-0.2, 0) is 4.52 Å². The Kier molecular flexibility index (Phi) is 4.27. The number of benzene rings is 1. The zero-order chi connectivity index (χ0) is 8.81. The molecule has 0 amide bonds. The second-order valence-corrected chi connectivity index (χ2v) is 3.66. The van der Waals surface area contributed by atoms with Crippen LogP contribution in [0.2, 0.25) is 0 Å². The Morgan fingerprint density at radius 3 is 2.58 bits per heavy atom. The van der Waals surface area contributed by atoms with Crippen LogP contribution in [0, 0.1) is 0 Å². The summed E-state index contributed by atoms with van der Waals surface area (Å²) in [6.45, 7) is 4.22. The molecule has 2 heteroatoms. The first-order valence-corrected chi connectivity index (χ1v) is 5.06. The van der Waals surface area contributed by atoms with Gasteiger partial charge in [0.25, 0.3) is 0 Å². The van der Waals surface area contributed by atoms with Crippen molar-refractivity contribution in [2.75, 3.05) is 0 Å². The molecule has 0 heterocycles. The molecule has 0 bridgehead atoms. The lowest BCUT2D eigenvalue weighted by molar-refractivity contribution is 0.253. The standard InChI is InChI=1S/C10H14OP/c1-3-9(2)11-12-10-7-5-4-6-8-10/h4-9H,3H2,1-2H3/q-1. The van der Waals surface area contributed by atoms with Gasteiger partial charge < -0.3 is 13.3 Å². The molecule has 1 aromatic carbocycles. The van der Waals surface area contributed by atoms with E-state index < -0.39 is 0 Å². The molecule has 0 spiro atoms. The van der Waals surface area contributed by atoms with E-state index in [1.54, 1.807) is 0 Å². The summed E-state index contributed by atoms with van der Waals surface area (Å²) in [5.41, 5.74) is 0. The Labute approximate surface area is 76.0 Å². The fourth-order valence-corrected chi connectivity index (χ4v) is 1.46. The Bertz CT molecular complexity index is 210. The van der Waals surface area contributed by atoms with Gasteiger partial charge in [0.15, 0.2) is 0 Å². The van der Waals surface area contributed by atoms with Crippen molar-refractivity contribution in [2.45, 2.75) is 26.4 Å². The van der Waals surface area contributed by atoms with E-state index >= 15 is 0 Å². The van der Waals surface area contributed by atoms with Gasteiger partial charge in [-0.1, -0.05) is 37.3 Å². The van der Waals surface area contributed by atoms with Gasteiger partial charge in [-0.3, -0.25) is 0 Å². The highest BCUT2D eigenvalue weighted by atomic mass is 31.1. The van der Waals surface area contributed by atoms with Gasteiger partial charge >= 0.3 is 0 Å². The van der Waals surface area contributed by atoms with Crippen molar-refractivity contribution in [3.8, 4) is 0 Å². The van der Waals surface area contributed by atoms with E-state index in [1.165, 1.54) is 5.30 Å². The van der Waals surface area contributed by atoms with E-state index in [9.17, 15) is 0 Å². The predicted octanol–water partition coefficient (Wildman–Crippen LogP) is 2.99. The largest absolute Gasteiger partial charge is 0.551 e. The maximum Gasteiger partial charge on any atom is 0.0204 e. The molecule has 1 nitrogen and oxygen atoms in total. The van der Waals surface area contributed by atoms with Gasteiger partial charge in [-0.05, 0) is 13.3 Å². The molecule has 0 aliphatic carbocycles. The summed E-state index contributed by atoms with van der Waals surface area (Å²) in [6.07, 6.45) is 1.42. The molecule has 1 rings (SSSR count). The van der Waals surface area contributed by atoms with Crippen molar-refractivity contribution in [3.63, 3.8) is 0 Å². The quantitative estimate of drug-likeness (QED) is 0.649. The highest BCUT2D eigenvalue weighted by molar-refractivity contribution is 7.41. The van der Waals surface area contributed by atoms with Gasteiger partial charge in [0.05, 0.1) is 0 Å². The molecule has 0 saturated heterocycles. The molecule has 12 heavy (non-hydrogen) atoms. The van der Waals surface area contributed by atoms with Crippen LogP contribution in [0.25, 0.3) is 0 Å². The molecule has 1 atom stereocenters. The zero-order valence-electron chi connectivity index (χ0n) is 7.53. The van der Waals surface area contributed by atoms with E-state index in [1.807, 2.05) is 18.2 Å². The van der Waals surface area contributed by atoms with Crippen molar-refractivity contribution in [1.29, 1.82) is 0 Å². The zero-order valence-corrected chi connectivity index (χ0v) is 8.42. The molecular weight excluding hydrogens is 167 g/mol. The summed E-state index contributed by atoms with van der Waals surface area (Å²) in [5.74, 6) is 0. The Morgan fingerprint density at radius 2 is 2.00 bits per heavy atom. The molecular formula is C10H14OP-. The van der Waals surface area contributed by atoms with Crippen LogP contribution in [0.1, 0.15) is 20.3 Å². The average Bonchev–Trinajstić information content (AvgIpc) is 2.16. The van der Waals surface area contributed by atoms with Gasteiger partial charge in [-0.15, -0.1) is 0 Å². The van der Waals surface area contributed by atoms with Crippen LogP contribution in [-0.4, -0.2) is 6.10 Å². The Morgan fingerprint density at radius 1 is 1.33 bits per heavy atom. The second-order valence-electron chi connectivity index (χ2n) is 2.75. The summed E-state index contributed by atoms with van der Waals surface area (Å²) < 4.78 is 5.55. The summed E-state index contributed by atoms with van der Waals surface area (Å²) in [6, 6.07) is 10.2. The van der Waals surface area contributed by atoms with Crippen LogP contribution < -0.4 is 5.30 Å². The first-order valence-electron chi connectivity index (χ1n) is 4.25. The van der Waals surface area contributed by atoms with Crippen molar-refractivity contribution >= 4 is 14.1 Å². The smallest absolute Gasteiger partial charge is 0.0204 e. The SMILES string of the molecule is CCC(C)O[P-]c1ccccc1. The van der Waals surface area contributed by atoms with Crippen molar-refractivity contribution in [1.82, 2.24) is 0 Å². The predicted molar refractivity (Wildman–Crippen MR) is 53.8 cm³/mol. The highest BCUT2D eigenvalue weighted by Crippen LogP contribution is 2.15. The lowest BCUT2D eigenvalue weighted by atomic mass is 10.3. The molecule has 0 saturated carbocycles. The summed E-state index contributed by atoms with van der Waals surface area (Å²) in [5, 5.41) is 1.22. The second kappa shape index (κ2) is 5.29. The number of hydrogen-bond donors (Lipinski definition) is 0. The monoisotopic (exact) mass is 181 g/mol. The minimum absolute atomic E-state index is 0.354. The molecule has 66 valence electrons. The molecule has 1 unspecified atom stereocenters. The first kappa shape index (κ1) is 9.70. The third-order valence-electron chi connectivity index (χ3n) is 1.67. The maximum atomic E-state index is 5.55. The van der Waals surface area contributed by atoms with Gasteiger partial charge in [0.1, 0.15) is 0 Å². The summed E-state index contributed by atoms with van der Waals surface area (Å²) in [4.78, 5) is 0. The molecule has 0 fully saturated rings. The van der Waals surface area contributed by atoms with Crippen molar-refractivity contribution in [3.05, 3.63) is 30.3 Å². The lowest BCUT2D eigenvalue weighted by Crippen LogP contribution is -2.02. The van der Waals surface area contributed by atoms with Crippen molar-refractivity contribution < 1.29 is 4.52 Å². The molecule has 0 aromatic heterocycles. The Balaban J connectivity index is 2.33. The molecule has 1 aromatic rings. The molecule has 0 radical (unpaired) electrons. The first-order chi connectivity index (χ1) is 5.83. The van der Waals surface area contributed by atoms with Gasteiger partial charge in [0.2, 0.25) is 0 Å². The van der Waals surface area contributed by atoms with Crippen LogP contribution in [0.5, 0.6) is 0 Å². The third kappa shape index (κ3) is 3.34. The Hall–Kier alpha value is -0.390. The average molecular weight is 181 g/mol. The van der Waals surface area contributed by atoms with E-state index in [0.717, 1.165) is 15.2 Å². The minimum atomic E-state index is 0.354. The number of rotatable bonds is 4. The van der Waals surface area contributed by atoms with Gasteiger partial charge in [0, 0.05) is 6.10 Å². The van der Waals surface area contributed by atoms with Crippen molar-refractivity contribution in [2.24, 2.45) is 0 Å². The lowest BCUT2D eigenvalue weighted by Gasteiger charge is -2.25. The van der Waals surface area contributed by atoms with Crippen LogP contribution in [0.15, 0.2) is 30.3 Å². The van der Waals surface area contributed by atoms with E-state index in [0.29, 0.717) is 6.10 Å². The van der Waals surface area contributed by atoms with Gasteiger partial charge in [-0.2, -0.15) is 5.30 Å². The molecule has 0 aliphatic heterocycles. The van der Waals surface area contributed by atoms with Gasteiger partial charge in [-0.25, -0.2) is 0 Å². The summed E-state index contributed by atoms with van der Waals surface area (Å²) in [7, 11) is 0.972. The summed E-state index contributed by atoms with van der Waals surface area (Å²) >= 11 is 0.